The molecule has 9 heteroatoms. The number of carbonyl (C=O) groups excluding carboxylic acids is 4. The first-order valence-corrected chi connectivity index (χ1v) is 18.9. The molecule has 0 aliphatic carbocycles. The Hall–Kier alpha value is -1.84. The molecule has 0 spiro atoms. The minimum Gasteiger partial charge on any atom is -0.545 e. The molecule has 4 radical (unpaired) electrons. The van der Waals surface area contributed by atoms with E-state index in [1.165, 1.54) is 116 Å². The first-order chi connectivity index (χ1) is 23.2. The smallest absolute Gasteiger partial charge is 0.545 e. The average molecular weight is 800 g/mol. The van der Waals surface area contributed by atoms with Crippen molar-refractivity contribution >= 4 is 47.8 Å². The second kappa shape index (κ2) is 53.0. The predicted octanol–water partition coefficient (Wildman–Crippen LogP) is 8.37. The van der Waals surface area contributed by atoms with Crippen LogP contribution in [0, 0.1) is 13.8 Å². The van der Waals surface area contributed by atoms with Crippen molar-refractivity contribution in [3.05, 3.63) is 38.2 Å². The van der Waals surface area contributed by atoms with Gasteiger partial charge in [0.25, 0.3) is 0 Å². The predicted molar refractivity (Wildman–Crippen MR) is 200 cm³/mol. The number of esters is 2. The third-order valence-corrected chi connectivity index (χ3v) is 6.90. The maximum atomic E-state index is 10.6. The summed E-state index contributed by atoms with van der Waals surface area (Å²) in [5.41, 5.74) is 0. The molecule has 0 rings (SSSR count). The van der Waals surface area contributed by atoms with Gasteiger partial charge in [0, 0.05) is 12.2 Å². The fourth-order valence-corrected chi connectivity index (χ4v) is 3.98. The third kappa shape index (κ3) is 68.8. The molecule has 0 saturated heterocycles. The van der Waals surface area contributed by atoms with Crippen molar-refractivity contribution in [3.8, 4) is 0 Å². The van der Waals surface area contributed by atoms with E-state index in [4.69, 9.17) is 0 Å². The molecule has 8 nitrogen and oxygen atoms in total. The van der Waals surface area contributed by atoms with Crippen molar-refractivity contribution in [2.45, 2.75) is 182 Å². The standard InChI is InChI=1S/2C12H25.2C8H12O4.Sn/c2*1-3-5-7-9-11-12-10-8-6-4-2;2*1-2-3-6-12-8(11)5-4-7(9)10;/h2*1,3-12H2,2H3;2*4-5H,2-3,6H2,1H3,(H,9,10);/q;;;;+2/p-2/b;;2*5-4-;. The molecule has 49 heavy (non-hydrogen) atoms. The molecule has 0 atom stereocenters. The molecule has 0 aromatic heterocycles. The second-order valence-corrected chi connectivity index (χ2v) is 11.7. The molecule has 0 bridgehead atoms. The molecule has 0 aromatic rings. The van der Waals surface area contributed by atoms with E-state index in [9.17, 15) is 29.4 Å². The van der Waals surface area contributed by atoms with Gasteiger partial charge in [0.15, 0.2) is 0 Å². The third-order valence-electron chi connectivity index (χ3n) is 6.90. The number of hydrogen-bond acceptors (Lipinski definition) is 8. The van der Waals surface area contributed by atoms with Crippen LogP contribution in [0.1, 0.15) is 182 Å². The summed E-state index contributed by atoms with van der Waals surface area (Å²) in [4.78, 5) is 40.9. The fraction of sp³-hybridized carbons (Fsp3) is 0.750. The molecule has 0 aliphatic heterocycles. The van der Waals surface area contributed by atoms with Crippen LogP contribution in [0.25, 0.3) is 0 Å². The van der Waals surface area contributed by atoms with Crippen molar-refractivity contribution in [2.75, 3.05) is 13.2 Å². The quantitative estimate of drug-likeness (QED) is 0.0334. The topological polar surface area (TPSA) is 133 Å². The summed E-state index contributed by atoms with van der Waals surface area (Å²) < 4.78 is 9.23. The Morgan fingerprint density at radius 2 is 0.673 bits per heavy atom. The van der Waals surface area contributed by atoms with Gasteiger partial charge in [-0.3, -0.25) is 0 Å². The maximum absolute atomic E-state index is 10.6. The summed E-state index contributed by atoms with van der Waals surface area (Å²) in [5, 5.41) is 19.7. The molecule has 0 amide bonds. The van der Waals surface area contributed by atoms with Crippen LogP contribution in [-0.2, 0) is 28.7 Å². The second-order valence-electron chi connectivity index (χ2n) is 11.7. The number of carbonyl (C=O) groups is 4. The molecular formula is C40H72O8Sn. The summed E-state index contributed by atoms with van der Waals surface area (Å²) in [6.07, 6.45) is 34.2. The number of unbranched alkanes of at least 4 members (excludes halogenated alkanes) is 20. The van der Waals surface area contributed by atoms with Crippen molar-refractivity contribution in [1.29, 1.82) is 0 Å². The maximum Gasteiger partial charge on any atom is 2.00 e. The van der Waals surface area contributed by atoms with Crippen LogP contribution in [0.4, 0.5) is 0 Å². The van der Waals surface area contributed by atoms with Gasteiger partial charge in [0.2, 0.25) is 0 Å². The van der Waals surface area contributed by atoms with E-state index >= 15 is 0 Å². The van der Waals surface area contributed by atoms with Gasteiger partial charge in [-0.2, -0.15) is 0 Å². The van der Waals surface area contributed by atoms with Crippen LogP contribution in [0.15, 0.2) is 24.3 Å². The summed E-state index contributed by atoms with van der Waals surface area (Å²) >= 11 is 0. The van der Waals surface area contributed by atoms with Gasteiger partial charge >= 0.3 is 35.8 Å². The molecule has 0 aliphatic rings. The zero-order valence-electron chi connectivity index (χ0n) is 31.9. The minimum atomic E-state index is -1.40. The Morgan fingerprint density at radius 3 is 0.898 bits per heavy atom. The van der Waals surface area contributed by atoms with Crippen LogP contribution < -0.4 is 10.2 Å². The summed E-state index contributed by atoms with van der Waals surface area (Å²) in [7, 11) is 0. The van der Waals surface area contributed by atoms with E-state index < -0.39 is 23.9 Å². The van der Waals surface area contributed by atoms with Gasteiger partial charge in [-0.25, -0.2) is 9.59 Å². The van der Waals surface area contributed by atoms with Crippen LogP contribution >= 0.6 is 0 Å². The Morgan fingerprint density at radius 1 is 0.429 bits per heavy atom. The normalized spacial score (nSPS) is 10.1. The molecule has 0 N–H and O–H groups in total. The number of ether oxygens (including phenoxy) is 2. The first-order valence-electron chi connectivity index (χ1n) is 18.9. The van der Waals surface area contributed by atoms with E-state index in [1.807, 2.05) is 13.8 Å². The number of carboxylic acid groups (broad SMARTS) is 2. The number of carboxylic acids is 2. The van der Waals surface area contributed by atoms with Crippen molar-refractivity contribution < 1.29 is 38.9 Å². The van der Waals surface area contributed by atoms with E-state index in [0.717, 1.165) is 50.7 Å². The van der Waals surface area contributed by atoms with Gasteiger partial charge in [0.1, 0.15) is 0 Å². The summed E-state index contributed by atoms with van der Waals surface area (Å²) in [6.45, 7) is 16.8. The molecule has 284 valence electrons. The Labute approximate surface area is 318 Å². The zero-order chi connectivity index (χ0) is 36.9. The molecular weight excluding hydrogens is 727 g/mol. The van der Waals surface area contributed by atoms with Crippen LogP contribution in [-0.4, -0.2) is 61.0 Å². The minimum absolute atomic E-state index is 0. The van der Waals surface area contributed by atoms with Crippen LogP contribution in [0.5, 0.6) is 0 Å². The first kappa shape index (κ1) is 56.5. The van der Waals surface area contributed by atoms with Gasteiger partial charge in [-0.1, -0.05) is 183 Å². The van der Waals surface area contributed by atoms with Crippen LogP contribution in [0.3, 0.4) is 0 Å². The van der Waals surface area contributed by atoms with Gasteiger partial charge in [0.05, 0.1) is 25.2 Å². The zero-order valence-corrected chi connectivity index (χ0v) is 34.7. The fourth-order valence-electron chi connectivity index (χ4n) is 3.98. The SMILES string of the molecule is CCCCOC(=O)/C=C\C(=O)[O-].CCCCOC(=O)/C=C\C(=O)[O-].[CH2]CCCCCCCCCCC.[CH2]CCCCCCCCCCC.[Sn+2]. The van der Waals surface area contributed by atoms with Crippen LogP contribution in [0.2, 0.25) is 0 Å². The van der Waals surface area contributed by atoms with E-state index in [2.05, 4.69) is 37.2 Å². The van der Waals surface area contributed by atoms with Crippen molar-refractivity contribution in [2.24, 2.45) is 0 Å². The van der Waals surface area contributed by atoms with Gasteiger partial charge in [-0.15, -0.1) is 0 Å². The Kier molecular flexibility index (Phi) is 61.1. The number of rotatable bonds is 28. The van der Waals surface area contributed by atoms with E-state index in [-0.39, 0.29) is 23.9 Å². The van der Waals surface area contributed by atoms with Crippen molar-refractivity contribution in [1.82, 2.24) is 0 Å². The monoisotopic (exact) mass is 800 g/mol. The van der Waals surface area contributed by atoms with Gasteiger partial charge < -0.3 is 29.3 Å². The molecule has 0 saturated carbocycles. The molecule has 0 aromatic carbocycles. The number of hydrogen-bond donors (Lipinski definition) is 0. The Bertz CT molecular complexity index is 671. The molecule has 0 unspecified atom stereocenters. The summed E-state index contributed by atoms with van der Waals surface area (Å²) in [5.74, 6) is -4.09. The van der Waals surface area contributed by atoms with E-state index in [1.54, 1.807) is 0 Å². The summed E-state index contributed by atoms with van der Waals surface area (Å²) in [6, 6.07) is 0. The van der Waals surface area contributed by atoms with Crippen molar-refractivity contribution in [3.63, 3.8) is 0 Å². The average Bonchev–Trinajstić information content (AvgIpc) is 3.06. The number of aliphatic carboxylic acids is 2. The Balaban J connectivity index is -0.000000174. The molecule has 0 fully saturated rings. The molecule has 0 heterocycles. The van der Waals surface area contributed by atoms with Gasteiger partial charge in [-0.05, 0) is 25.0 Å². The van der Waals surface area contributed by atoms with E-state index in [0.29, 0.717) is 25.4 Å². The largest absolute Gasteiger partial charge is 2.00 e.